The van der Waals surface area contributed by atoms with Crippen molar-refractivity contribution in [2.24, 2.45) is 11.8 Å². The lowest BCUT2D eigenvalue weighted by atomic mass is 9.71. The Labute approximate surface area is 101 Å². The molecule has 3 heteroatoms. The van der Waals surface area contributed by atoms with Gasteiger partial charge in [-0.2, -0.15) is 0 Å². The molecule has 0 spiro atoms. The molecule has 3 rings (SSSR count). The number of benzene rings is 1. The lowest BCUT2D eigenvalue weighted by Crippen LogP contribution is -2.27. The number of rotatable bonds is 1. The Morgan fingerprint density at radius 2 is 2.18 bits per heavy atom. The SMILES string of the molecule is COc1cc2c(cc1O)C(C)C1COCC1C2. The summed E-state index contributed by atoms with van der Waals surface area (Å²) in [6.07, 6.45) is 1.04. The van der Waals surface area contributed by atoms with E-state index in [0.29, 0.717) is 23.5 Å². The summed E-state index contributed by atoms with van der Waals surface area (Å²) in [5.41, 5.74) is 2.56. The highest BCUT2D eigenvalue weighted by atomic mass is 16.5. The van der Waals surface area contributed by atoms with E-state index in [9.17, 15) is 5.11 Å². The zero-order valence-corrected chi connectivity index (χ0v) is 10.3. The van der Waals surface area contributed by atoms with Crippen molar-refractivity contribution < 1.29 is 14.6 Å². The Bertz CT molecular complexity index is 441. The van der Waals surface area contributed by atoms with Crippen LogP contribution in [0.15, 0.2) is 12.1 Å². The number of hydrogen-bond donors (Lipinski definition) is 1. The highest BCUT2D eigenvalue weighted by Gasteiger charge is 2.38. The highest BCUT2D eigenvalue weighted by molar-refractivity contribution is 5.49. The Hall–Kier alpha value is -1.22. The fourth-order valence-electron chi connectivity index (χ4n) is 3.28. The summed E-state index contributed by atoms with van der Waals surface area (Å²) in [6, 6.07) is 3.85. The van der Waals surface area contributed by atoms with Gasteiger partial charge >= 0.3 is 0 Å². The number of phenols is 1. The fraction of sp³-hybridized carbons (Fsp3) is 0.571. The topological polar surface area (TPSA) is 38.7 Å². The molecule has 3 nitrogen and oxygen atoms in total. The van der Waals surface area contributed by atoms with Crippen molar-refractivity contribution in [3.63, 3.8) is 0 Å². The van der Waals surface area contributed by atoms with Gasteiger partial charge in [0.25, 0.3) is 0 Å². The molecule has 17 heavy (non-hydrogen) atoms. The molecule has 3 unspecified atom stereocenters. The molecule has 0 saturated carbocycles. The Balaban J connectivity index is 2.05. The Kier molecular flexibility index (Phi) is 2.51. The van der Waals surface area contributed by atoms with Gasteiger partial charge in [0.1, 0.15) is 0 Å². The predicted octanol–water partition coefficient (Wildman–Crippen LogP) is 2.32. The van der Waals surface area contributed by atoms with Gasteiger partial charge in [-0.05, 0) is 47.4 Å². The summed E-state index contributed by atoms with van der Waals surface area (Å²) in [7, 11) is 1.59. The van der Waals surface area contributed by atoms with Gasteiger partial charge in [-0.1, -0.05) is 6.92 Å². The standard InChI is InChI=1S/C14H18O3/c1-8-11-5-13(15)14(16-2)4-9(11)3-10-6-17-7-12(8)10/h4-5,8,10,12,15H,3,6-7H2,1-2H3. The fourth-order valence-corrected chi connectivity index (χ4v) is 3.28. The van der Waals surface area contributed by atoms with Gasteiger partial charge in [-0.15, -0.1) is 0 Å². The Morgan fingerprint density at radius 1 is 1.35 bits per heavy atom. The number of fused-ring (bicyclic) bond motifs is 2. The quantitative estimate of drug-likeness (QED) is 0.810. The molecule has 0 amide bonds. The summed E-state index contributed by atoms with van der Waals surface area (Å²) in [5.74, 6) is 2.52. The molecular formula is C14H18O3. The number of ether oxygens (including phenoxy) is 2. The molecule has 1 aromatic rings. The van der Waals surface area contributed by atoms with Crippen molar-refractivity contribution in [3.05, 3.63) is 23.3 Å². The average Bonchev–Trinajstić information content (AvgIpc) is 2.78. The number of phenolic OH excluding ortho intramolecular Hbond substituents is 1. The van der Waals surface area contributed by atoms with Crippen LogP contribution < -0.4 is 4.74 Å². The van der Waals surface area contributed by atoms with E-state index in [1.807, 2.05) is 12.1 Å². The smallest absolute Gasteiger partial charge is 0.160 e. The first-order chi connectivity index (χ1) is 8.20. The second-order valence-electron chi connectivity index (χ2n) is 5.18. The van der Waals surface area contributed by atoms with Crippen molar-refractivity contribution in [3.8, 4) is 11.5 Å². The van der Waals surface area contributed by atoms with Crippen LogP contribution in [-0.4, -0.2) is 25.4 Å². The summed E-state index contributed by atoms with van der Waals surface area (Å²) < 4.78 is 10.8. The van der Waals surface area contributed by atoms with Crippen molar-refractivity contribution in [1.82, 2.24) is 0 Å². The van der Waals surface area contributed by atoms with Crippen LogP contribution in [0.1, 0.15) is 24.0 Å². The highest BCUT2D eigenvalue weighted by Crippen LogP contribution is 2.45. The molecule has 1 fully saturated rings. The normalized spacial score (nSPS) is 30.8. The molecule has 92 valence electrons. The first-order valence-electron chi connectivity index (χ1n) is 6.18. The van der Waals surface area contributed by atoms with Crippen LogP contribution in [0.4, 0.5) is 0 Å². The van der Waals surface area contributed by atoms with Gasteiger partial charge < -0.3 is 14.6 Å². The molecule has 1 heterocycles. The van der Waals surface area contributed by atoms with Gasteiger partial charge in [0.2, 0.25) is 0 Å². The third kappa shape index (κ3) is 1.61. The van der Waals surface area contributed by atoms with Crippen molar-refractivity contribution in [2.45, 2.75) is 19.3 Å². The number of aromatic hydroxyl groups is 1. The molecule has 1 aliphatic carbocycles. The predicted molar refractivity (Wildman–Crippen MR) is 64.6 cm³/mol. The van der Waals surface area contributed by atoms with Crippen LogP contribution in [-0.2, 0) is 11.2 Å². The second-order valence-corrected chi connectivity index (χ2v) is 5.18. The third-order valence-electron chi connectivity index (χ3n) is 4.30. The van der Waals surface area contributed by atoms with Crippen LogP contribution in [0.25, 0.3) is 0 Å². The molecule has 2 aliphatic rings. The van der Waals surface area contributed by atoms with Crippen molar-refractivity contribution in [1.29, 1.82) is 0 Å². The largest absolute Gasteiger partial charge is 0.504 e. The monoisotopic (exact) mass is 234 g/mol. The third-order valence-corrected chi connectivity index (χ3v) is 4.30. The summed E-state index contributed by atoms with van der Waals surface area (Å²) in [6.45, 7) is 3.96. The second kappa shape index (κ2) is 3.91. The van der Waals surface area contributed by atoms with E-state index in [2.05, 4.69) is 6.92 Å². The first kappa shape index (κ1) is 10.9. The molecule has 1 N–H and O–H groups in total. The van der Waals surface area contributed by atoms with Gasteiger partial charge in [-0.25, -0.2) is 0 Å². The van der Waals surface area contributed by atoms with E-state index in [1.54, 1.807) is 7.11 Å². The minimum Gasteiger partial charge on any atom is -0.504 e. The lowest BCUT2D eigenvalue weighted by Gasteiger charge is -2.32. The molecule has 3 atom stereocenters. The molecule has 1 saturated heterocycles. The Morgan fingerprint density at radius 3 is 2.94 bits per heavy atom. The van der Waals surface area contributed by atoms with E-state index < -0.39 is 0 Å². The van der Waals surface area contributed by atoms with E-state index in [0.717, 1.165) is 19.6 Å². The van der Waals surface area contributed by atoms with Gasteiger partial charge in [0.15, 0.2) is 11.5 Å². The maximum Gasteiger partial charge on any atom is 0.160 e. The van der Waals surface area contributed by atoms with E-state index in [1.165, 1.54) is 11.1 Å². The van der Waals surface area contributed by atoms with Crippen LogP contribution in [0.2, 0.25) is 0 Å². The minimum absolute atomic E-state index is 0.246. The van der Waals surface area contributed by atoms with E-state index in [4.69, 9.17) is 9.47 Å². The van der Waals surface area contributed by atoms with E-state index in [-0.39, 0.29) is 5.75 Å². The summed E-state index contributed by atoms with van der Waals surface area (Å²) in [4.78, 5) is 0. The molecule has 0 aromatic heterocycles. The van der Waals surface area contributed by atoms with E-state index >= 15 is 0 Å². The molecule has 0 bridgehead atoms. The van der Waals surface area contributed by atoms with Crippen molar-refractivity contribution >= 4 is 0 Å². The first-order valence-corrected chi connectivity index (χ1v) is 6.18. The number of hydrogen-bond acceptors (Lipinski definition) is 3. The maximum atomic E-state index is 9.87. The molecule has 1 aromatic carbocycles. The van der Waals surface area contributed by atoms with Gasteiger partial charge in [-0.3, -0.25) is 0 Å². The zero-order chi connectivity index (χ0) is 12.0. The number of methoxy groups -OCH3 is 1. The average molecular weight is 234 g/mol. The van der Waals surface area contributed by atoms with Gasteiger partial charge in [0.05, 0.1) is 20.3 Å². The van der Waals surface area contributed by atoms with Crippen LogP contribution in [0.3, 0.4) is 0 Å². The molecule has 1 aliphatic heterocycles. The summed E-state index contributed by atoms with van der Waals surface area (Å²) >= 11 is 0. The van der Waals surface area contributed by atoms with Crippen LogP contribution in [0.5, 0.6) is 11.5 Å². The summed E-state index contributed by atoms with van der Waals surface area (Å²) in [5, 5.41) is 9.87. The lowest BCUT2D eigenvalue weighted by molar-refractivity contribution is 0.179. The van der Waals surface area contributed by atoms with Gasteiger partial charge in [0, 0.05) is 0 Å². The molecular weight excluding hydrogens is 216 g/mol. The van der Waals surface area contributed by atoms with Crippen LogP contribution >= 0.6 is 0 Å². The zero-order valence-electron chi connectivity index (χ0n) is 10.3. The maximum absolute atomic E-state index is 9.87. The minimum atomic E-state index is 0.246. The van der Waals surface area contributed by atoms with Crippen LogP contribution in [0, 0.1) is 11.8 Å². The molecule has 0 radical (unpaired) electrons. The van der Waals surface area contributed by atoms with Crippen molar-refractivity contribution in [2.75, 3.05) is 20.3 Å².